The number of benzene rings is 2. The van der Waals surface area contributed by atoms with Gasteiger partial charge >= 0.3 is 5.97 Å². The highest BCUT2D eigenvalue weighted by molar-refractivity contribution is 6.31. The number of aromatic nitrogens is 1. The zero-order valence-electron chi connectivity index (χ0n) is 13.2. The lowest BCUT2D eigenvalue weighted by atomic mass is 10.0. The number of carboxylic acid groups (broad SMARTS) is 1. The molecule has 25 heavy (non-hydrogen) atoms. The summed E-state index contributed by atoms with van der Waals surface area (Å²) in [6.45, 7) is 0.309. The summed E-state index contributed by atoms with van der Waals surface area (Å²) >= 11 is 6.04. The number of ketones is 1. The van der Waals surface area contributed by atoms with Gasteiger partial charge in [-0.1, -0.05) is 17.7 Å². The smallest absolute Gasteiger partial charge is 0.323 e. The fourth-order valence-electron chi connectivity index (χ4n) is 3.20. The molecule has 126 valence electrons. The maximum Gasteiger partial charge on any atom is 0.323 e. The van der Waals surface area contributed by atoms with Gasteiger partial charge in [-0.3, -0.25) is 9.59 Å². The molecule has 0 bridgehead atoms. The molecular weight excluding hydrogens is 342 g/mol. The van der Waals surface area contributed by atoms with Gasteiger partial charge in [0, 0.05) is 22.4 Å². The van der Waals surface area contributed by atoms with Crippen molar-refractivity contribution in [2.75, 3.05) is 6.61 Å². The second-order valence-electron chi connectivity index (χ2n) is 5.96. The Hall–Kier alpha value is -2.79. The molecule has 3 aromatic rings. The van der Waals surface area contributed by atoms with Crippen LogP contribution >= 0.6 is 11.6 Å². The molecule has 1 aliphatic heterocycles. The summed E-state index contributed by atoms with van der Waals surface area (Å²) in [7, 11) is 0. The summed E-state index contributed by atoms with van der Waals surface area (Å²) in [6.07, 6.45) is 0.768. The van der Waals surface area contributed by atoms with E-state index >= 15 is 0 Å². The first-order valence-electron chi connectivity index (χ1n) is 7.84. The molecule has 0 radical (unpaired) electrons. The number of carbonyl (C=O) groups is 2. The Kier molecular flexibility index (Phi) is 3.73. The molecule has 6 heteroatoms. The Morgan fingerprint density at radius 3 is 2.80 bits per heavy atom. The number of rotatable bonds is 4. The first kappa shape index (κ1) is 15.7. The Morgan fingerprint density at radius 2 is 2.00 bits per heavy atom. The average Bonchev–Trinajstić information content (AvgIpc) is 3.18. The molecule has 4 rings (SSSR count). The van der Waals surface area contributed by atoms with Crippen molar-refractivity contribution >= 4 is 34.3 Å². The Balaban J connectivity index is 1.84. The van der Waals surface area contributed by atoms with E-state index in [1.165, 1.54) is 4.57 Å². The number of carboxylic acids is 1. The van der Waals surface area contributed by atoms with Crippen LogP contribution < -0.4 is 4.74 Å². The van der Waals surface area contributed by atoms with Gasteiger partial charge in [0.05, 0.1) is 17.8 Å². The largest absolute Gasteiger partial charge is 0.493 e. The van der Waals surface area contributed by atoms with Crippen LogP contribution in [0.25, 0.3) is 10.9 Å². The first-order chi connectivity index (χ1) is 12.0. The second-order valence-corrected chi connectivity index (χ2v) is 6.40. The van der Waals surface area contributed by atoms with Gasteiger partial charge in [-0.15, -0.1) is 0 Å². The zero-order chi connectivity index (χ0) is 17.6. The predicted molar refractivity (Wildman–Crippen MR) is 93.7 cm³/mol. The van der Waals surface area contributed by atoms with Gasteiger partial charge in [-0.25, -0.2) is 0 Å². The Labute approximate surface area is 148 Å². The van der Waals surface area contributed by atoms with Crippen molar-refractivity contribution in [2.45, 2.75) is 13.0 Å². The van der Waals surface area contributed by atoms with Crippen LogP contribution in [0.3, 0.4) is 0 Å². The van der Waals surface area contributed by atoms with Gasteiger partial charge in [0.2, 0.25) is 5.78 Å². The van der Waals surface area contributed by atoms with Crippen LogP contribution in [-0.4, -0.2) is 28.0 Å². The van der Waals surface area contributed by atoms with E-state index in [4.69, 9.17) is 16.3 Å². The molecule has 0 saturated carbocycles. The van der Waals surface area contributed by atoms with E-state index in [0.717, 1.165) is 23.1 Å². The summed E-state index contributed by atoms with van der Waals surface area (Å²) in [4.78, 5) is 24.3. The van der Waals surface area contributed by atoms with Crippen LogP contribution in [0, 0.1) is 0 Å². The first-order valence-corrected chi connectivity index (χ1v) is 8.22. The molecule has 1 aliphatic rings. The monoisotopic (exact) mass is 355 g/mol. The Morgan fingerprint density at radius 1 is 1.16 bits per heavy atom. The van der Waals surface area contributed by atoms with Gasteiger partial charge in [-0.05, 0) is 42.0 Å². The number of fused-ring (bicyclic) bond motifs is 2. The van der Waals surface area contributed by atoms with Crippen LogP contribution in [-0.2, 0) is 17.8 Å². The normalized spacial score (nSPS) is 12.8. The van der Waals surface area contributed by atoms with Crippen molar-refractivity contribution in [3.8, 4) is 5.75 Å². The molecule has 0 fully saturated rings. The lowest BCUT2D eigenvalue weighted by Crippen LogP contribution is -2.15. The number of halogens is 1. The van der Waals surface area contributed by atoms with Crippen LogP contribution in [0.4, 0.5) is 0 Å². The molecule has 0 saturated heterocycles. The molecule has 5 nitrogen and oxygen atoms in total. The standard InChI is InChI=1S/C19H14ClNO4/c20-14-3-1-11-8-16(21(10-18(22)23)15(11)9-14)19(24)13-2-4-17-12(7-13)5-6-25-17/h1-4,7-9H,5-6,10H2,(H,22,23). The number of hydrogen-bond acceptors (Lipinski definition) is 3. The molecule has 2 heterocycles. The van der Waals surface area contributed by atoms with E-state index in [2.05, 4.69) is 0 Å². The lowest BCUT2D eigenvalue weighted by molar-refractivity contribution is -0.137. The van der Waals surface area contributed by atoms with E-state index in [1.54, 1.807) is 36.4 Å². The number of nitrogens with zero attached hydrogens (tertiary/aromatic N) is 1. The highest BCUT2D eigenvalue weighted by atomic mass is 35.5. The second kappa shape index (κ2) is 5.93. The van der Waals surface area contributed by atoms with Gasteiger partial charge < -0.3 is 14.4 Å². The van der Waals surface area contributed by atoms with E-state index < -0.39 is 5.97 Å². The summed E-state index contributed by atoms with van der Waals surface area (Å²) in [5.74, 6) is -0.438. The molecule has 0 unspecified atom stereocenters. The predicted octanol–water partition coefficient (Wildman–Crippen LogP) is 3.55. The average molecular weight is 356 g/mol. The van der Waals surface area contributed by atoms with Crippen LogP contribution in [0.2, 0.25) is 5.02 Å². The maximum atomic E-state index is 13.0. The minimum atomic E-state index is -1.02. The molecule has 0 spiro atoms. The van der Waals surface area contributed by atoms with Crippen LogP contribution in [0.5, 0.6) is 5.75 Å². The summed E-state index contributed by atoms with van der Waals surface area (Å²) < 4.78 is 6.96. The third-order valence-electron chi connectivity index (χ3n) is 4.34. The molecule has 1 aromatic heterocycles. The SMILES string of the molecule is O=C(O)Cn1c(C(=O)c2ccc3c(c2)CCO3)cc2ccc(Cl)cc21. The zero-order valence-corrected chi connectivity index (χ0v) is 13.9. The van der Waals surface area contributed by atoms with Crippen molar-refractivity contribution < 1.29 is 19.4 Å². The maximum absolute atomic E-state index is 13.0. The van der Waals surface area contributed by atoms with Crippen molar-refractivity contribution in [2.24, 2.45) is 0 Å². The summed E-state index contributed by atoms with van der Waals surface area (Å²) in [5, 5.41) is 10.5. The van der Waals surface area contributed by atoms with Crippen molar-refractivity contribution in [3.63, 3.8) is 0 Å². The summed E-state index contributed by atoms with van der Waals surface area (Å²) in [5.41, 5.74) is 2.47. The number of ether oxygens (including phenoxy) is 1. The highest BCUT2D eigenvalue weighted by Crippen LogP contribution is 2.29. The molecule has 1 N–H and O–H groups in total. The quantitative estimate of drug-likeness (QED) is 0.727. The van der Waals surface area contributed by atoms with E-state index in [-0.39, 0.29) is 12.3 Å². The van der Waals surface area contributed by atoms with Gasteiger partial charge in [0.1, 0.15) is 12.3 Å². The minimum absolute atomic E-state index is 0.219. The fraction of sp³-hybridized carbons (Fsp3) is 0.158. The molecule has 2 aromatic carbocycles. The van der Waals surface area contributed by atoms with Crippen molar-refractivity contribution in [1.29, 1.82) is 0 Å². The number of aliphatic carboxylic acids is 1. The Bertz CT molecular complexity index is 1020. The molecular formula is C19H14ClNO4. The molecule has 0 atom stereocenters. The number of carbonyl (C=O) groups excluding carboxylic acids is 1. The van der Waals surface area contributed by atoms with Gasteiger partial charge in [-0.2, -0.15) is 0 Å². The fourth-order valence-corrected chi connectivity index (χ4v) is 3.36. The topological polar surface area (TPSA) is 68.5 Å². The van der Waals surface area contributed by atoms with Crippen LogP contribution in [0.15, 0.2) is 42.5 Å². The summed E-state index contributed by atoms with van der Waals surface area (Å²) in [6, 6.07) is 12.2. The van der Waals surface area contributed by atoms with E-state index in [1.807, 2.05) is 6.07 Å². The van der Waals surface area contributed by atoms with E-state index in [9.17, 15) is 14.7 Å². The minimum Gasteiger partial charge on any atom is -0.493 e. The van der Waals surface area contributed by atoms with Gasteiger partial charge in [0.15, 0.2) is 0 Å². The van der Waals surface area contributed by atoms with Crippen LogP contribution in [0.1, 0.15) is 21.6 Å². The molecule has 0 aliphatic carbocycles. The third-order valence-corrected chi connectivity index (χ3v) is 4.58. The van der Waals surface area contributed by atoms with Crippen molar-refractivity contribution in [1.82, 2.24) is 4.57 Å². The van der Waals surface area contributed by atoms with Crippen molar-refractivity contribution in [3.05, 3.63) is 64.3 Å². The van der Waals surface area contributed by atoms with E-state index in [0.29, 0.717) is 28.4 Å². The highest BCUT2D eigenvalue weighted by Gasteiger charge is 2.21. The van der Waals surface area contributed by atoms with Gasteiger partial charge in [0.25, 0.3) is 0 Å². The molecule has 0 amide bonds. The lowest BCUT2D eigenvalue weighted by Gasteiger charge is -2.08. The third kappa shape index (κ3) is 2.76. The number of hydrogen-bond donors (Lipinski definition) is 1.